The third-order valence-corrected chi connectivity index (χ3v) is 1.90. The third kappa shape index (κ3) is 2.79. The minimum Gasteiger partial charge on any atom is -0.373 e. The molecule has 1 saturated heterocycles. The predicted octanol–water partition coefficient (Wildman–Crippen LogP) is 0.374. The van der Waals surface area contributed by atoms with Crippen LogP contribution in [-0.2, 0) is 4.74 Å². The fourth-order valence-electron chi connectivity index (χ4n) is 1.59. The third-order valence-electron chi connectivity index (χ3n) is 1.90. The SMILES string of the molecule is C[C@@H]1CN(CBF)C[C@H](C)O1. The molecular formula is C7H15BFNO. The van der Waals surface area contributed by atoms with Crippen LogP contribution in [0.25, 0.3) is 0 Å². The highest BCUT2D eigenvalue weighted by atomic mass is 19.1. The molecule has 0 aromatic carbocycles. The monoisotopic (exact) mass is 159 g/mol. The molecule has 2 nitrogen and oxygen atoms in total. The van der Waals surface area contributed by atoms with Crippen LogP contribution in [0, 0.1) is 0 Å². The molecule has 1 aliphatic rings. The van der Waals surface area contributed by atoms with E-state index in [1.54, 1.807) is 0 Å². The van der Waals surface area contributed by atoms with E-state index in [1.165, 1.54) is 0 Å². The molecule has 0 bridgehead atoms. The summed E-state index contributed by atoms with van der Waals surface area (Å²) in [5, 5.41) is 0. The minimum atomic E-state index is -0.251. The molecule has 1 aliphatic heterocycles. The van der Waals surface area contributed by atoms with Gasteiger partial charge in [0.15, 0.2) is 0 Å². The van der Waals surface area contributed by atoms with Gasteiger partial charge in [0.05, 0.1) is 12.2 Å². The fraction of sp³-hybridized carbons (Fsp3) is 1.00. The van der Waals surface area contributed by atoms with E-state index in [4.69, 9.17) is 4.74 Å². The molecule has 0 aliphatic carbocycles. The van der Waals surface area contributed by atoms with Crippen molar-refractivity contribution in [3.63, 3.8) is 0 Å². The lowest BCUT2D eigenvalue weighted by Crippen LogP contribution is -2.46. The number of halogens is 1. The van der Waals surface area contributed by atoms with E-state index < -0.39 is 0 Å². The summed E-state index contributed by atoms with van der Waals surface area (Å²) in [7, 11) is -0.251. The molecule has 0 aromatic rings. The van der Waals surface area contributed by atoms with Crippen LogP contribution in [0.15, 0.2) is 0 Å². The van der Waals surface area contributed by atoms with Crippen molar-refractivity contribution in [2.75, 3.05) is 19.5 Å². The number of hydrogen-bond donors (Lipinski definition) is 0. The lowest BCUT2D eigenvalue weighted by Gasteiger charge is -2.34. The van der Waals surface area contributed by atoms with Crippen molar-refractivity contribution in [1.82, 2.24) is 4.90 Å². The van der Waals surface area contributed by atoms with Crippen molar-refractivity contribution in [2.24, 2.45) is 0 Å². The predicted molar refractivity (Wildman–Crippen MR) is 44.7 cm³/mol. The van der Waals surface area contributed by atoms with Gasteiger partial charge in [-0.15, -0.1) is 0 Å². The number of nitrogens with zero attached hydrogens (tertiary/aromatic N) is 1. The number of hydrogen-bond acceptors (Lipinski definition) is 2. The molecule has 0 unspecified atom stereocenters. The van der Waals surface area contributed by atoms with E-state index >= 15 is 0 Å². The van der Waals surface area contributed by atoms with Crippen LogP contribution in [0.2, 0.25) is 0 Å². The molecule has 11 heavy (non-hydrogen) atoms. The van der Waals surface area contributed by atoms with E-state index in [0.29, 0.717) is 6.44 Å². The summed E-state index contributed by atoms with van der Waals surface area (Å²) in [5.74, 6) is 0. The van der Waals surface area contributed by atoms with Gasteiger partial charge in [-0.2, -0.15) is 0 Å². The van der Waals surface area contributed by atoms with Gasteiger partial charge in [-0.05, 0) is 13.8 Å². The van der Waals surface area contributed by atoms with Gasteiger partial charge in [0.25, 0.3) is 0 Å². The zero-order chi connectivity index (χ0) is 8.27. The Labute approximate surface area is 68.0 Å². The molecule has 0 aromatic heterocycles. The molecule has 0 amide bonds. The lowest BCUT2D eigenvalue weighted by atomic mass is 10.0. The van der Waals surface area contributed by atoms with Crippen LogP contribution < -0.4 is 0 Å². The first-order valence-corrected chi connectivity index (χ1v) is 4.16. The molecule has 1 rings (SSSR count). The summed E-state index contributed by atoms with van der Waals surface area (Å²) in [4.78, 5) is 2.11. The van der Waals surface area contributed by atoms with Gasteiger partial charge >= 0.3 is 7.56 Å². The van der Waals surface area contributed by atoms with Crippen LogP contribution in [0.4, 0.5) is 4.32 Å². The van der Waals surface area contributed by atoms with Gasteiger partial charge in [0.2, 0.25) is 0 Å². The Balaban J connectivity index is 2.30. The van der Waals surface area contributed by atoms with Gasteiger partial charge in [-0.25, -0.2) is 0 Å². The van der Waals surface area contributed by atoms with Crippen LogP contribution in [-0.4, -0.2) is 44.2 Å². The molecule has 0 spiro atoms. The molecule has 0 radical (unpaired) electrons. The van der Waals surface area contributed by atoms with Crippen LogP contribution in [0.5, 0.6) is 0 Å². The van der Waals surface area contributed by atoms with Gasteiger partial charge < -0.3 is 14.0 Å². The second-order valence-electron chi connectivity index (χ2n) is 3.21. The van der Waals surface area contributed by atoms with Crippen LogP contribution >= 0.6 is 0 Å². The maximum absolute atomic E-state index is 11.9. The zero-order valence-electron chi connectivity index (χ0n) is 7.22. The first-order valence-electron chi connectivity index (χ1n) is 4.16. The Morgan fingerprint density at radius 1 is 1.45 bits per heavy atom. The van der Waals surface area contributed by atoms with E-state index in [-0.39, 0.29) is 19.8 Å². The Morgan fingerprint density at radius 3 is 2.45 bits per heavy atom. The molecule has 0 saturated carbocycles. The molecular weight excluding hydrogens is 144 g/mol. The maximum Gasteiger partial charge on any atom is 0.345 e. The number of morpholine rings is 1. The molecule has 0 N–H and O–H groups in total. The summed E-state index contributed by atoms with van der Waals surface area (Å²) < 4.78 is 17.4. The highest BCUT2D eigenvalue weighted by molar-refractivity contribution is 6.26. The van der Waals surface area contributed by atoms with Crippen LogP contribution in [0.3, 0.4) is 0 Å². The van der Waals surface area contributed by atoms with E-state index in [1.807, 2.05) is 13.8 Å². The minimum absolute atomic E-state index is 0.251. The summed E-state index contributed by atoms with van der Waals surface area (Å²) in [6.45, 7) is 5.80. The smallest absolute Gasteiger partial charge is 0.345 e. The van der Waals surface area contributed by atoms with Crippen molar-refractivity contribution in [1.29, 1.82) is 0 Å². The normalized spacial score (nSPS) is 33.7. The van der Waals surface area contributed by atoms with Crippen molar-refractivity contribution < 1.29 is 9.05 Å². The number of ether oxygens (including phenoxy) is 1. The first kappa shape index (κ1) is 9.01. The molecule has 1 fully saturated rings. The first-order chi connectivity index (χ1) is 5.22. The van der Waals surface area contributed by atoms with E-state index in [2.05, 4.69) is 4.90 Å². The standard InChI is InChI=1S/C7H15BFNO/c1-6-3-10(5-8-9)4-7(2)11-6/h6-8H,3-5H2,1-2H3/t6-,7+. The molecule has 64 valence electrons. The molecule has 4 heteroatoms. The maximum atomic E-state index is 11.9. The average molecular weight is 159 g/mol. The summed E-state index contributed by atoms with van der Waals surface area (Å²) in [6, 6.07) is 0. The van der Waals surface area contributed by atoms with E-state index in [9.17, 15) is 4.32 Å². The lowest BCUT2D eigenvalue weighted by molar-refractivity contribution is -0.0631. The van der Waals surface area contributed by atoms with Gasteiger partial charge in [-0.3, -0.25) is 0 Å². The second kappa shape index (κ2) is 4.07. The zero-order valence-corrected chi connectivity index (χ0v) is 7.22. The van der Waals surface area contributed by atoms with Gasteiger partial charge in [-0.1, -0.05) is 0 Å². The van der Waals surface area contributed by atoms with E-state index in [0.717, 1.165) is 13.1 Å². The fourth-order valence-corrected chi connectivity index (χ4v) is 1.59. The molecule has 1 heterocycles. The van der Waals surface area contributed by atoms with Crippen molar-refractivity contribution in [3.8, 4) is 0 Å². The highest BCUT2D eigenvalue weighted by Gasteiger charge is 2.21. The summed E-state index contributed by atoms with van der Waals surface area (Å²) in [6.07, 6.45) is 1.06. The largest absolute Gasteiger partial charge is 0.373 e. The summed E-state index contributed by atoms with van der Waals surface area (Å²) >= 11 is 0. The van der Waals surface area contributed by atoms with Crippen molar-refractivity contribution >= 4 is 7.56 Å². The van der Waals surface area contributed by atoms with Crippen molar-refractivity contribution in [2.45, 2.75) is 26.1 Å². The van der Waals surface area contributed by atoms with Gasteiger partial charge in [0.1, 0.15) is 0 Å². The highest BCUT2D eigenvalue weighted by Crippen LogP contribution is 2.09. The molecule has 2 atom stereocenters. The second-order valence-corrected chi connectivity index (χ2v) is 3.21. The van der Waals surface area contributed by atoms with Crippen molar-refractivity contribution in [3.05, 3.63) is 0 Å². The Bertz CT molecular complexity index is 115. The Hall–Kier alpha value is -0.0851. The topological polar surface area (TPSA) is 12.5 Å². The Morgan fingerprint density at radius 2 is 2.00 bits per heavy atom. The average Bonchev–Trinajstić information content (AvgIpc) is 1.85. The van der Waals surface area contributed by atoms with Gasteiger partial charge in [0, 0.05) is 19.5 Å². The Kier molecular flexibility index (Phi) is 3.33. The number of rotatable bonds is 2. The van der Waals surface area contributed by atoms with Crippen LogP contribution in [0.1, 0.15) is 13.8 Å². The summed E-state index contributed by atoms with van der Waals surface area (Å²) in [5.41, 5.74) is 0. The quantitative estimate of drug-likeness (QED) is 0.540.